The third-order valence-electron chi connectivity index (χ3n) is 4.78. The molecule has 0 unspecified atom stereocenters. The monoisotopic (exact) mass is 477 g/mol. The summed E-state index contributed by atoms with van der Waals surface area (Å²) >= 11 is 7.05. The van der Waals surface area contributed by atoms with Gasteiger partial charge in [0.15, 0.2) is 5.76 Å². The van der Waals surface area contributed by atoms with Gasteiger partial charge in [0.05, 0.1) is 5.69 Å². The Morgan fingerprint density at radius 1 is 1.23 bits per heavy atom. The van der Waals surface area contributed by atoms with Crippen LogP contribution >= 0.6 is 22.9 Å². The van der Waals surface area contributed by atoms with E-state index in [1.54, 1.807) is 56.3 Å². The van der Waals surface area contributed by atoms with Crippen molar-refractivity contribution in [3.63, 3.8) is 0 Å². The fourth-order valence-corrected chi connectivity index (χ4v) is 5.47. The third-order valence-corrected chi connectivity index (χ3v) is 7.93. The highest BCUT2D eigenvalue weighted by atomic mass is 35.5. The van der Waals surface area contributed by atoms with Crippen LogP contribution in [-0.4, -0.2) is 19.5 Å². The number of thiophene rings is 1. The molecule has 1 fully saturated rings. The molecule has 4 rings (SSSR count). The third kappa shape index (κ3) is 5.00. The van der Waals surface area contributed by atoms with Gasteiger partial charge in [-0.2, -0.15) is 0 Å². The van der Waals surface area contributed by atoms with Crippen LogP contribution in [0.25, 0.3) is 12.2 Å². The molecule has 0 radical (unpaired) electrons. The Labute approximate surface area is 189 Å². The van der Waals surface area contributed by atoms with Crippen molar-refractivity contribution in [1.82, 2.24) is 5.16 Å². The van der Waals surface area contributed by atoms with Crippen molar-refractivity contribution in [2.75, 3.05) is 10.0 Å². The Balaban J connectivity index is 1.50. The summed E-state index contributed by atoms with van der Waals surface area (Å²) in [6, 6.07) is 8.21. The molecular formula is C21H20ClN3O4S2. The van der Waals surface area contributed by atoms with E-state index < -0.39 is 10.0 Å². The van der Waals surface area contributed by atoms with Crippen molar-refractivity contribution in [3.05, 3.63) is 57.2 Å². The molecule has 0 atom stereocenters. The van der Waals surface area contributed by atoms with Crippen LogP contribution in [0.5, 0.6) is 0 Å². The van der Waals surface area contributed by atoms with Crippen molar-refractivity contribution in [3.8, 4) is 0 Å². The number of halogens is 1. The predicted molar refractivity (Wildman–Crippen MR) is 123 cm³/mol. The summed E-state index contributed by atoms with van der Waals surface area (Å²) in [7, 11) is -3.73. The van der Waals surface area contributed by atoms with Gasteiger partial charge in [0.2, 0.25) is 5.91 Å². The molecule has 2 aromatic heterocycles. The van der Waals surface area contributed by atoms with Gasteiger partial charge in [-0.15, -0.1) is 11.3 Å². The van der Waals surface area contributed by atoms with Crippen molar-refractivity contribution < 1.29 is 17.7 Å². The molecule has 0 bridgehead atoms. The molecule has 7 nitrogen and oxygen atoms in total. The number of nitrogens with zero attached hydrogens (tertiary/aromatic N) is 1. The van der Waals surface area contributed by atoms with Crippen LogP contribution < -0.4 is 10.0 Å². The normalized spacial score (nSPS) is 14.2. The summed E-state index contributed by atoms with van der Waals surface area (Å²) in [5.74, 6) is 0.446. The first kappa shape index (κ1) is 21.6. The summed E-state index contributed by atoms with van der Waals surface area (Å²) in [5.41, 5.74) is 2.33. The maximum absolute atomic E-state index is 12.7. The number of aryl methyl sites for hydroxylation is 2. The van der Waals surface area contributed by atoms with E-state index in [1.165, 1.54) is 0 Å². The Morgan fingerprint density at radius 3 is 2.71 bits per heavy atom. The average Bonchev–Trinajstić information content (AvgIpc) is 3.36. The van der Waals surface area contributed by atoms with Crippen molar-refractivity contribution in [2.45, 2.75) is 30.9 Å². The van der Waals surface area contributed by atoms with Gasteiger partial charge in [-0.05, 0) is 74.7 Å². The maximum atomic E-state index is 12.7. The Bertz CT molecular complexity index is 1270. The van der Waals surface area contributed by atoms with Gasteiger partial charge in [0, 0.05) is 15.8 Å². The molecule has 1 saturated carbocycles. The highest BCUT2D eigenvalue weighted by molar-refractivity contribution is 7.94. The average molecular weight is 478 g/mol. The summed E-state index contributed by atoms with van der Waals surface area (Å²) in [4.78, 5) is 12.8. The smallest absolute Gasteiger partial charge is 0.271 e. The number of carbonyl (C=O) groups excluding carboxylic acids is 1. The zero-order valence-corrected chi connectivity index (χ0v) is 19.2. The van der Waals surface area contributed by atoms with Crippen molar-refractivity contribution in [1.29, 1.82) is 0 Å². The minimum Gasteiger partial charge on any atom is -0.354 e. The second-order valence-corrected chi connectivity index (χ2v) is 10.8. The van der Waals surface area contributed by atoms with Crippen molar-refractivity contribution in [2.24, 2.45) is 5.92 Å². The van der Waals surface area contributed by atoms with E-state index in [2.05, 4.69) is 15.2 Å². The molecule has 31 heavy (non-hydrogen) atoms. The number of aromatic nitrogens is 1. The van der Waals surface area contributed by atoms with E-state index in [0.29, 0.717) is 32.7 Å². The number of nitrogens with one attached hydrogen (secondary N) is 2. The minimum atomic E-state index is -3.73. The molecule has 0 spiro atoms. The molecule has 1 aliphatic rings. The Kier molecular flexibility index (Phi) is 5.92. The molecule has 162 valence electrons. The Morgan fingerprint density at radius 2 is 2.00 bits per heavy atom. The molecule has 1 aromatic carbocycles. The number of amides is 1. The van der Waals surface area contributed by atoms with E-state index >= 15 is 0 Å². The largest absolute Gasteiger partial charge is 0.354 e. The number of anilines is 2. The lowest BCUT2D eigenvalue weighted by molar-refractivity contribution is -0.117. The summed E-state index contributed by atoms with van der Waals surface area (Å²) in [5, 5.41) is 7.32. The molecular weight excluding hydrogens is 458 g/mol. The molecule has 0 saturated heterocycles. The fourth-order valence-electron chi connectivity index (χ4n) is 2.89. The first-order valence-corrected chi connectivity index (χ1v) is 12.2. The van der Waals surface area contributed by atoms with E-state index in [4.69, 9.17) is 16.1 Å². The fraction of sp³-hybridized carbons (Fsp3) is 0.238. The van der Waals surface area contributed by atoms with Gasteiger partial charge in [0.1, 0.15) is 15.6 Å². The molecule has 1 aliphatic carbocycles. The highest BCUT2D eigenvalue weighted by Gasteiger charge is 2.30. The van der Waals surface area contributed by atoms with Gasteiger partial charge in [-0.3, -0.25) is 9.52 Å². The van der Waals surface area contributed by atoms with E-state index in [1.807, 2.05) is 0 Å². The topological polar surface area (TPSA) is 101 Å². The van der Waals surface area contributed by atoms with Gasteiger partial charge < -0.3 is 9.84 Å². The summed E-state index contributed by atoms with van der Waals surface area (Å²) in [6.07, 6.45) is 5.19. The van der Waals surface area contributed by atoms with Crippen LogP contribution in [0.2, 0.25) is 5.02 Å². The molecule has 3 aromatic rings. The van der Waals surface area contributed by atoms with Crippen LogP contribution in [0.4, 0.5) is 11.4 Å². The van der Waals surface area contributed by atoms with Crippen molar-refractivity contribution >= 4 is 62.4 Å². The number of hydrogen-bond donors (Lipinski definition) is 2. The number of carbonyl (C=O) groups is 1. The van der Waals surface area contributed by atoms with Gasteiger partial charge in [-0.1, -0.05) is 16.8 Å². The van der Waals surface area contributed by atoms with Gasteiger partial charge >= 0.3 is 0 Å². The Hall–Kier alpha value is -2.62. The quantitative estimate of drug-likeness (QED) is 0.479. The van der Waals surface area contributed by atoms with Crippen LogP contribution in [0.1, 0.15) is 34.7 Å². The number of sulfonamides is 1. The van der Waals surface area contributed by atoms with E-state index in [-0.39, 0.29) is 16.0 Å². The van der Waals surface area contributed by atoms with Crippen LogP contribution in [0.3, 0.4) is 0 Å². The molecule has 1 amide bonds. The number of rotatable bonds is 7. The maximum Gasteiger partial charge on any atom is 0.271 e. The highest BCUT2D eigenvalue weighted by Crippen LogP contribution is 2.32. The first-order chi connectivity index (χ1) is 14.7. The lowest BCUT2D eigenvalue weighted by Gasteiger charge is -2.09. The second-order valence-electron chi connectivity index (χ2n) is 7.33. The predicted octanol–water partition coefficient (Wildman–Crippen LogP) is 5.33. The molecule has 2 N–H and O–H groups in total. The lowest BCUT2D eigenvalue weighted by atomic mass is 10.2. The van der Waals surface area contributed by atoms with Crippen LogP contribution in [-0.2, 0) is 14.8 Å². The first-order valence-electron chi connectivity index (χ1n) is 9.57. The SMILES string of the molecule is Cc1cc(Cl)ccc1NS(=O)(=O)c1ccc(/C=C/c2onc(C)c2NC(=O)C2CC2)s1. The zero-order chi connectivity index (χ0) is 22.2. The summed E-state index contributed by atoms with van der Waals surface area (Å²) < 4.78 is 33.6. The molecule has 2 heterocycles. The number of hydrogen-bond acceptors (Lipinski definition) is 6. The standard InChI is InChI=1S/C21H20ClN3O4S2/c1-12-11-15(22)5-8-17(12)25-31(27,28)19-10-7-16(30-19)6-9-18-20(13(2)24-29-18)23-21(26)14-3-4-14/h5-11,14,25H,3-4H2,1-2H3,(H,23,26)/b9-6+. The van der Waals surface area contributed by atoms with E-state index in [9.17, 15) is 13.2 Å². The second kappa shape index (κ2) is 8.49. The number of benzene rings is 1. The zero-order valence-electron chi connectivity index (χ0n) is 16.8. The molecule has 0 aliphatic heterocycles. The van der Waals surface area contributed by atoms with Crippen LogP contribution in [0, 0.1) is 19.8 Å². The van der Waals surface area contributed by atoms with Crippen LogP contribution in [0.15, 0.2) is 39.1 Å². The van der Waals surface area contributed by atoms with Gasteiger partial charge in [-0.25, -0.2) is 8.42 Å². The minimum absolute atomic E-state index is 0.0333. The summed E-state index contributed by atoms with van der Waals surface area (Å²) in [6.45, 7) is 3.54. The lowest BCUT2D eigenvalue weighted by Crippen LogP contribution is -2.14. The van der Waals surface area contributed by atoms with E-state index in [0.717, 1.165) is 29.7 Å². The van der Waals surface area contributed by atoms with Gasteiger partial charge in [0.25, 0.3) is 10.0 Å². The molecule has 10 heteroatoms.